The molecule has 3 aromatic carbocycles. The van der Waals surface area contributed by atoms with Crippen LogP contribution in [0.4, 0.5) is 10.1 Å². The number of rotatable bonds is 4. The van der Waals surface area contributed by atoms with E-state index in [0.29, 0.717) is 29.2 Å². The minimum Gasteiger partial charge on any atom is -0.507 e. The summed E-state index contributed by atoms with van der Waals surface area (Å²) in [5, 5.41) is 11.3. The molecule has 0 aliphatic carbocycles. The molecule has 2 aliphatic heterocycles. The molecule has 0 spiro atoms. The Labute approximate surface area is 195 Å². The van der Waals surface area contributed by atoms with Gasteiger partial charge in [-0.25, -0.2) is 4.39 Å². The molecule has 0 aromatic heterocycles. The van der Waals surface area contributed by atoms with Gasteiger partial charge in [-0.15, -0.1) is 0 Å². The van der Waals surface area contributed by atoms with Crippen LogP contribution in [0.2, 0.25) is 0 Å². The van der Waals surface area contributed by atoms with Crippen molar-refractivity contribution in [1.82, 2.24) is 0 Å². The zero-order valence-electron chi connectivity index (χ0n) is 18.6. The van der Waals surface area contributed by atoms with Crippen molar-refractivity contribution in [2.75, 3.05) is 12.0 Å². The smallest absolute Gasteiger partial charge is 0.300 e. The number of Topliss-reactive ketones (excluding diaryl/α,β-unsaturated/α-hetero) is 1. The monoisotopic (exact) mass is 459 g/mol. The average molecular weight is 459 g/mol. The van der Waals surface area contributed by atoms with Crippen LogP contribution < -0.4 is 14.4 Å². The summed E-state index contributed by atoms with van der Waals surface area (Å²) >= 11 is 0. The van der Waals surface area contributed by atoms with Gasteiger partial charge in [0.25, 0.3) is 11.7 Å². The Hall–Kier alpha value is -4.13. The Kier molecular flexibility index (Phi) is 5.32. The summed E-state index contributed by atoms with van der Waals surface area (Å²) in [6, 6.07) is 16.5. The number of halogens is 1. The number of benzene rings is 3. The lowest BCUT2D eigenvalue weighted by atomic mass is 9.94. The predicted molar refractivity (Wildman–Crippen MR) is 124 cm³/mol. The quantitative estimate of drug-likeness (QED) is 0.345. The summed E-state index contributed by atoms with van der Waals surface area (Å²) in [6.07, 6.45) is 0.662. The summed E-state index contributed by atoms with van der Waals surface area (Å²) in [5.74, 6) is -1.52. The zero-order valence-corrected chi connectivity index (χ0v) is 18.6. The van der Waals surface area contributed by atoms with Crippen LogP contribution in [-0.4, -0.2) is 30.0 Å². The van der Waals surface area contributed by atoms with Gasteiger partial charge in [0, 0.05) is 29.3 Å². The third-order valence-electron chi connectivity index (χ3n) is 6.15. The Morgan fingerprint density at radius 2 is 1.88 bits per heavy atom. The van der Waals surface area contributed by atoms with Crippen LogP contribution in [0, 0.1) is 5.82 Å². The number of amides is 1. The Bertz CT molecular complexity index is 1350. The third-order valence-corrected chi connectivity index (χ3v) is 6.15. The van der Waals surface area contributed by atoms with Gasteiger partial charge in [0.1, 0.15) is 29.2 Å². The molecule has 6 nitrogen and oxygen atoms in total. The lowest BCUT2D eigenvalue weighted by molar-refractivity contribution is -0.132. The number of ether oxygens (including phenoxy) is 2. The summed E-state index contributed by atoms with van der Waals surface area (Å²) in [6.45, 7) is 1.94. The van der Waals surface area contributed by atoms with Crippen LogP contribution in [0.15, 0.2) is 72.3 Å². The molecule has 2 unspecified atom stereocenters. The molecule has 5 rings (SSSR count). The summed E-state index contributed by atoms with van der Waals surface area (Å²) in [5.41, 5.74) is 1.53. The zero-order chi connectivity index (χ0) is 24.0. The first-order valence-corrected chi connectivity index (χ1v) is 10.9. The number of aliphatic hydroxyl groups is 1. The van der Waals surface area contributed by atoms with Gasteiger partial charge >= 0.3 is 0 Å². The molecule has 0 bridgehead atoms. The molecule has 0 radical (unpaired) electrons. The van der Waals surface area contributed by atoms with Gasteiger partial charge in [-0.05, 0) is 48.9 Å². The van der Waals surface area contributed by atoms with E-state index in [2.05, 4.69) is 0 Å². The van der Waals surface area contributed by atoms with Crippen molar-refractivity contribution in [2.45, 2.75) is 25.5 Å². The predicted octanol–water partition coefficient (Wildman–Crippen LogP) is 4.78. The third kappa shape index (κ3) is 3.50. The normalized spacial score (nSPS) is 20.9. The van der Waals surface area contributed by atoms with Crippen LogP contribution in [0.5, 0.6) is 11.5 Å². The first kappa shape index (κ1) is 21.7. The van der Waals surface area contributed by atoms with Gasteiger partial charge in [0.2, 0.25) is 0 Å². The van der Waals surface area contributed by atoms with Gasteiger partial charge < -0.3 is 14.6 Å². The van der Waals surface area contributed by atoms with Crippen LogP contribution in [0.1, 0.15) is 29.7 Å². The average Bonchev–Trinajstić information content (AvgIpc) is 3.34. The van der Waals surface area contributed by atoms with Gasteiger partial charge in [-0.3, -0.25) is 14.5 Å². The molecule has 1 amide bonds. The first-order valence-electron chi connectivity index (χ1n) is 10.9. The molecule has 7 heteroatoms. The van der Waals surface area contributed by atoms with E-state index in [9.17, 15) is 19.1 Å². The Morgan fingerprint density at radius 3 is 2.65 bits per heavy atom. The van der Waals surface area contributed by atoms with Crippen LogP contribution >= 0.6 is 0 Å². The fourth-order valence-corrected chi connectivity index (χ4v) is 4.58. The minimum absolute atomic E-state index is 0.00412. The van der Waals surface area contributed by atoms with Crippen molar-refractivity contribution >= 4 is 23.1 Å². The van der Waals surface area contributed by atoms with Crippen LogP contribution in [0.25, 0.3) is 5.76 Å². The standard InChI is InChI=1S/C27H22FNO5/c1-15-12-17-13-16(10-11-22(17)34-15)25(30)23-24(20-8-3-4-9-21(20)28)29(27(32)26(23)31)18-6-5-7-19(14-18)33-2/h3-11,13-15,24,30H,12H2,1-2H3/b25-23+. The molecule has 34 heavy (non-hydrogen) atoms. The highest BCUT2D eigenvalue weighted by atomic mass is 19.1. The van der Waals surface area contributed by atoms with Crippen molar-refractivity contribution in [1.29, 1.82) is 0 Å². The van der Waals surface area contributed by atoms with Crippen molar-refractivity contribution in [2.24, 2.45) is 0 Å². The first-order chi connectivity index (χ1) is 16.4. The molecular weight excluding hydrogens is 437 g/mol. The molecule has 0 saturated carbocycles. The lowest BCUT2D eigenvalue weighted by Gasteiger charge is -2.26. The molecule has 3 aromatic rings. The minimum atomic E-state index is -1.16. The summed E-state index contributed by atoms with van der Waals surface area (Å²) < 4.78 is 26.0. The SMILES string of the molecule is COc1cccc(N2C(=O)C(=O)/C(=C(/O)c3ccc4c(c3)CC(C)O4)C2c2ccccc2F)c1. The lowest BCUT2D eigenvalue weighted by Crippen LogP contribution is -2.29. The van der Waals surface area contributed by atoms with E-state index in [1.807, 2.05) is 6.92 Å². The maximum Gasteiger partial charge on any atom is 0.300 e. The number of hydrogen-bond donors (Lipinski definition) is 1. The summed E-state index contributed by atoms with van der Waals surface area (Å²) in [4.78, 5) is 27.7. The highest BCUT2D eigenvalue weighted by Gasteiger charge is 2.48. The Morgan fingerprint density at radius 1 is 1.09 bits per heavy atom. The molecule has 172 valence electrons. The maximum absolute atomic E-state index is 15.0. The van der Waals surface area contributed by atoms with Crippen LogP contribution in [-0.2, 0) is 16.0 Å². The second-order valence-electron chi connectivity index (χ2n) is 8.35. The van der Waals surface area contributed by atoms with E-state index < -0.39 is 23.5 Å². The second-order valence-corrected chi connectivity index (χ2v) is 8.35. The topological polar surface area (TPSA) is 76.1 Å². The van der Waals surface area contributed by atoms with Crippen molar-refractivity contribution in [3.05, 3.63) is 94.8 Å². The number of carbonyl (C=O) groups excluding carboxylic acids is 2. The molecular formula is C27H22FNO5. The fourth-order valence-electron chi connectivity index (χ4n) is 4.58. The van der Waals surface area contributed by atoms with Gasteiger partial charge in [-0.1, -0.05) is 24.3 Å². The van der Waals surface area contributed by atoms with Crippen LogP contribution in [0.3, 0.4) is 0 Å². The van der Waals surface area contributed by atoms with E-state index in [0.717, 1.165) is 5.56 Å². The van der Waals surface area contributed by atoms with Crippen molar-refractivity contribution < 1.29 is 28.6 Å². The van der Waals surface area contributed by atoms with Crippen molar-refractivity contribution in [3.8, 4) is 11.5 Å². The summed E-state index contributed by atoms with van der Waals surface area (Å²) in [7, 11) is 1.49. The molecule has 1 fully saturated rings. The second kappa shape index (κ2) is 8.33. The molecule has 2 atom stereocenters. The molecule has 1 N–H and O–H groups in total. The number of aliphatic hydroxyl groups excluding tert-OH is 1. The number of anilines is 1. The molecule has 2 heterocycles. The van der Waals surface area contributed by atoms with E-state index in [-0.39, 0.29) is 23.0 Å². The number of fused-ring (bicyclic) bond motifs is 1. The number of methoxy groups -OCH3 is 1. The van der Waals surface area contributed by atoms with E-state index in [1.165, 1.54) is 30.2 Å². The largest absolute Gasteiger partial charge is 0.507 e. The highest BCUT2D eigenvalue weighted by molar-refractivity contribution is 6.51. The number of carbonyl (C=O) groups is 2. The number of nitrogens with zero attached hydrogens (tertiary/aromatic N) is 1. The highest BCUT2D eigenvalue weighted by Crippen LogP contribution is 2.44. The Balaban J connectivity index is 1.71. The molecule has 2 aliphatic rings. The van der Waals surface area contributed by atoms with E-state index in [4.69, 9.17) is 9.47 Å². The number of hydrogen-bond acceptors (Lipinski definition) is 5. The number of ketones is 1. The maximum atomic E-state index is 15.0. The van der Waals surface area contributed by atoms with Gasteiger partial charge in [0.05, 0.1) is 18.7 Å². The fraction of sp³-hybridized carbons (Fsp3) is 0.185. The van der Waals surface area contributed by atoms with E-state index in [1.54, 1.807) is 48.5 Å². The van der Waals surface area contributed by atoms with Crippen molar-refractivity contribution in [3.63, 3.8) is 0 Å². The molecule has 1 saturated heterocycles. The van der Waals surface area contributed by atoms with Gasteiger partial charge in [-0.2, -0.15) is 0 Å². The van der Waals surface area contributed by atoms with Gasteiger partial charge in [0.15, 0.2) is 0 Å². The van der Waals surface area contributed by atoms with E-state index >= 15 is 0 Å².